The van der Waals surface area contributed by atoms with Crippen LogP contribution in [0.3, 0.4) is 0 Å². The maximum Gasteiger partial charge on any atom is 0.251 e. The predicted octanol–water partition coefficient (Wildman–Crippen LogP) is 2.86. The Morgan fingerprint density at radius 2 is 2.23 bits per heavy atom. The van der Waals surface area contributed by atoms with Crippen LogP contribution in [0.15, 0.2) is 42.6 Å². The van der Waals surface area contributed by atoms with Crippen molar-refractivity contribution in [3.63, 3.8) is 0 Å². The number of anilines is 1. The van der Waals surface area contributed by atoms with E-state index in [1.165, 1.54) is 0 Å². The first kappa shape index (κ1) is 17.9. The zero-order chi connectivity index (χ0) is 18.2. The number of hydrogen-bond acceptors (Lipinski definition) is 5. The molecule has 2 aromatic rings. The fourth-order valence-electron chi connectivity index (χ4n) is 2.92. The van der Waals surface area contributed by atoms with E-state index in [2.05, 4.69) is 21.7 Å². The molecule has 0 aliphatic carbocycles. The van der Waals surface area contributed by atoms with E-state index in [4.69, 9.17) is 10.00 Å². The summed E-state index contributed by atoms with van der Waals surface area (Å²) in [5.41, 5.74) is 2.05. The van der Waals surface area contributed by atoms with Crippen LogP contribution in [0, 0.1) is 11.3 Å². The molecule has 3 rings (SSSR count). The average Bonchev–Trinajstić information content (AvgIpc) is 2.71. The molecule has 2 N–H and O–H groups in total. The van der Waals surface area contributed by atoms with Crippen LogP contribution in [-0.2, 0) is 11.3 Å². The molecule has 1 amide bonds. The van der Waals surface area contributed by atoms with Crippen LogP contribution in [0.2, 0.25) is 0 Å². The molecule has 1 saturated heterocycles. The van der Waals surface area contributed by atoms with Gasteiger partial charge in [0.15, 0.2) is 0 Å². The van der Waals surface area contributed by atoms with Gasteiger partial charge in [-0.1, -0.05) is 12.1 Å². The Hall–Kier alpha value is -2.91. The van der Waals surface area contributed by atoms with Crippen LogP contribution in [0.4, 0.5) is 5.82 Å². The van der Waals surface area contributed by atoms with Gasteiger partial charge in [0.2, 0.25) is 0 Å². The lowest BCUT2D eigenvalue weighted by molar-refractivity contribution is 0.0169. The van der Waals surface area contributed by atoms with Crippen LogP contribution < -0.4 is 10.6 Å². The lowest BCUT2D eigenvalue weighted by atomic mass is 10.1. The van der Waals surface area contributed by atoms with Gasteiger partial charge in [-0.25, -0.2) is 4.98 Å². The van der Waals surface area contributed by atoms with E-state index in [0.717, 1.165) is 31.4 Å². The van der Waals surface area contributed by atoms with Crippen LogP contribution in [0.25, 0.3) is 0 Å². The van der Waals surface area contributed by atoms with Crippen LogP contribution in [0.5, 0.6) is 0 Å². The normalized spacial score (nSPS) is 16.5. The summed E-state index contributed by atoms with van der Waals surface area (Å²) in [5.74, 6) is 0.441. The number of carbonyl (C=O) groups excluding carboxylic acids is 1. The first-order valence-corrected chi connectivity index (χ1v) is 8.84. The second kappa shape index (κ2) is 8.97. The molecule has 1 atom stereocenters. The third-order valence-corrected chi connectivity index (χ3v) is 4.34. The van der Waals surface area contributed by atoms with Gasteiger partial charge in [-0.15, -0.1) is 0 Å². The summed E-state index contributed by atoms with van der Waals surface area (Å²) < 4.78 is 5.64. The van der Waals surface area contributed by atoms with Crippen molar-refractivity contribution in [2.75, 3.05) is 18.5 Å². The lowest BCUT2D eigenvalue weighted by Gasteiger charge is -2.22. The fourth-order valence-corrected chi connectivity index (χ4v) is 2.92. The number of rotatable bonds is 6. The number of hydrogen-bond donors (Lipinski definition) is 2. The van der Waals surface area contributed by atoms with Crippen LogP contribution >= 0.6 is 0 Å². The highest BCUT2D eigenvalue weighted by molar-refractivity contribution is 5.94. The molecular formula is C20H22N4O2. The molecule has 1 aromatic carbocycles. The van der Waals surface area contributed by atoms with Gasteiger partial charge in [0.25, 0.3) is 5.91 Å². The molecule has 2 heterocycles. The molecular weight excluding hydrogens is 328 g/mol. The zero-order valence-corrected chi connectivity index (χ0v) is 14.6. The van der Waals surface area contributed by atoms with Gasteiger partial charge in [0, 0.05) is 31.5 Å². The summed E-state index contributed by atoms with van der Waals surface area (Å²) in [7, 11) is 0. The molecule has 0 bridgehead atoms. The first-order valence-electron chi connectivity index (χ1n) is 8.84. The molecule has 0 radical (unpaired) electrons. The summed E-state index contributed by atoms with van der Waals surface area (Å²) in [6.07, 6.45) is 5.00. The minimum atomic E-state index is -0.100. The lowest BCUT2D eigenvalue weighted by Crippen LogP contribution is -2.35. The Bertz CT molecular complexity index is 794. The number of amides is 1. The zero-order valence-electron chi connectivity index (χ0n) is 14.6. The van der Waals surface area contributed by atoms with Gasteiger partial charge in [-0.2, -0.15) is 5.26 Å². The van der Waals surface area contributed by atoms with Crippen molar-refractivity contribution in [1.29, 1.82) is 5.26 Å². The number of carbonyl (C=O) groups is 1. The third-order valence-electron chi connectivity index (χ3n) is 4.34. The summed E-state index contributed by atoms with van der Waals surface area (Å²) in [6, 6.07) is 13.0. The Kier molecular flexibility index (Phi) is 6.18. The van der Waals surface area contributed by atoms with Gasteiger partial charge in [0.1, 0.15) is 11.9 Å². The topological polar surface area (TPSA) is 87.0 Å². The van der Waals surface area contributed by atoms with E-state index in [-0.39, 0.29) is 12.0 Å². The van der Waals surface area contributed by atoms with E-state index < -0.39 is 0 Å². The van der Waals surface area contributed by atoms with E-state index in [0.29, 0.717) is 30.0 Å². The molecule has 134 valence electrons. The van der Waals surface area contributed by atoms with Crippen molar-refractivity contribution in [1.82, 2.24) is 10.3 Å². The summed E-state index contributed by atoms with van der Waals surface area (Å²) in [5, 5.41) is 15.2. The maximum atomic E-state index is 12.4. The Morgan fingerprint density at radius 3 is 3.04 bits per heavy atom. The Balaban J connectivity index is 1.57. The number of benzene rings is 1. The van der Waals surface area contributed by atoms with Crippen LogP contribution in [0.1, 0.15) is 40.7 Å². The number of nitrogens with one attached hydrogen (secondary N) is 2. The second-order valence-electron chi connectivity index (χ2n) is 6.26. The number of pyridine rings is 1. The average molecular weight is 350 g/mol. The molecule has 0 spiro atoms. The number of aromatic nitrogens is 1. The largest absolute Gasteiger partial charge is 0.376 e. The summed E-state index contributed by atoms with van der Waals surface area (Å²) in [6.45, 7) is 1.80. The quantitative estimate of drug-likeness (QED) is 0.836. The third kappa shape index (κ3) is 4.80. The van der Waals surface area contributed by atoms with Crippen molar-refractivity contribution in [3.8, 4) is 6.07 Å². The molecule has 0 saturated carbocycles. The fraction of sp³-hybridized carbons (Fsp3) is 0.350. The number of nitriles is 1. The van der Waals surface area contributed by atoms with Gasteiger partial charge in [0.05, 0.1) is 11.7 Å². The van der Waals surface area contributed by atoms with E-state index in [9.17, 15) is 4.79 Å². The highest BCUT2D eigenvalue weighted by Gasteiger charge is 2.15. The molecule has 1 aliphatic rings. The Morgan fingerprint density at radius 1 is 1.31 bits per heavy atom. The first-order chi connectivity index (χ1) is 12.8. The van der Waals surface area contributed by atoms with E-state index >= 15 is 0 Å². The molecule has 26 heavy (non-hydrogen) atoms. The Labute approximate surface area is 153 Å². The van der Waals surface area contributed by atoms with Crippen molar-refractivity contribution < 1.29 is 9.53 Å². The number of ether oxygens (including phenoxy) is 1. The second-order valence-corrected chi connectivity index (χ2v) is 6.26. The summed E-state index contributed by atoms with van der Waals surface area (Å²) in [4.78, 5) is 16.5. The number of nitrogens with zero attached hydrogens (tertiary/aromatic N) is 2. The monoisotopic (exact) mass is 350 g/mol. The van der Waals surface area contributed by atoms with E-state index in [1.54, 1.807) is 24.4 Å². The molecule has 6 nitrogen and oxygen atoms in total. The molecule has 1 aromatic heterocycles. The molecule has 1 fully saturated rings. The molecule has 0 unspecified atom stereocenters. The SMILES string of the molecule is N#Cc1cccnc1NCc1cccc(C(=O)NC[C@H]2CCCCO2)c1. The van der Waals surface area contributed by atoms with Gasteiger partial charge in [-0.3, -0.25) is 4.79 Å². The molecule has 6 heteroatoms. The summed E-state index contributed by atoms with van der Waals surface area (Å²) >= 11 is 0. The standard InChI is InChI=1S/C20H22N4O2/c21-12-17-7-4-9-22-19(17)23-13-15-5-3-6-16(11-15)20(25)24-14-18-8-1-2-10-26-18/h3-7,9,11,18H,1-2,8,10,13-14H2,(H,22,23)(H,24,25)/t18-/m1/s1. The maximum absolute atomic E-state index is 12.4. The van der Waals surface area contributed by atoms with E-state index in [1.807, 2.05) is 18.2 Å². The van der Waals surface area contributed by atoms with Crippen molar-refractivity contribution >= 4 is 11.7 Å². The van der Waals surface area contributed by atoms with Gasteiger partial charge < -0.3 is 15.4 Å². The highest BCUT2D eigenvalue weighted by atomic mass is 16.5. The minimum absolute atomic E-state index is 0.100. The van der Waals surface area contributed by atoms with Crippen molar-refractivity contribution in [3.05, 3.63) is 59.3 Å². The predicted molar refractivity (Wildman–Crippen MR) is 98.6 cm³/mol. The minimum Gasteiger partial charge on any atom is -0.376 e. The van der Waals surface area contributed by atoms with Crippen molar-refractivity contribution in [2.45, 2.75) is 31.9 Å². The van der Waals surface area contributed by atoms with Crippen LogP contribution in [-0.4, -0.2) is 30.1 Å². The van der Waals surface area contributed by atoms with Gasteiger partial charge >= 0.3 is 0 Å². The smallest absolute Gasteiger partial charge is 0.251 e. The highest BCUT2D eigenvalue weighted by Crippen LogP contribution is 2.14. The van der Waals surface area contributed by atoms with Crippen molar-refractivity contribution in [2.24, 2.45) is 0 Å². The van der Waals surface area contributed by atoms with Gasteiger partial charge in [-0.05, 0) is 49.1 Å². The molecule has 1 aliphatic heterocycles.